The van der Waals surface area contributed by atoms with E-state index in [0.717, 1.165) is 22.3 Å². The molecule has 4 aromatic rings. The average molecular weight is 544 g/mol. The number of carboxylic acid groups (broad SMARTS) is 2. The zero-order valence-electron chi connectivity index (χ0n) is 21.5. The van der Waals surface area contributed by atoms with Crippen LogP contribution in [-0.4, -0.2) is 34.1 Å². The normalized spacial score (nSPS) is 13.4. The van der Waals surface area contributed by atoms with E-state index in [1.165, 1.54) is 10.8 Å². The fraction of sp³-hybridized carbons (Fsp3) is 0.219. The highest BCUT2D eigenvalue weighted by atomic mass is 35.5. The van der Waals surface area contributed by atoms with Crippen LogP contribution in [0.15, 0.2) is 91.0 Å². The highest BCUT2D eigenvalue weighted by Gasteiger charge is 2.27. The molecule has 1 amide bonds. The lowest BCUT2D eigenvalue weighted by atomic mass is 9.85. The summed E-state index contributed by atoms with van der Waals surface area (Å²) in [6, 6.07) is 30.0. The Balaban J connectivity index is 1.56. The van der Waals surface area contributed by atoms with E-state index in [9.17, 15) is 19.5 Å². The SMILES string of the molecule is CC(NC(=O)CC(CC(=O)O)C(=O)O)C(Cc1ccc(Cl)cc1)c1ccc(-c2ccc3ccccc3c2)cc1. The molecule has 0 heterocycles. The Morgan fingerprint density at radius 3 is 2.08 bits per heavy atom. The Bertz CT molecular complexity index is 1470. The van der Waals surface area contributed by atoms with Gasteiger partial charge in [-0.3, -0.25) is 14.4 Å². The van der Waals surface area contributed by atoms with Crippen LogP contribution in [0.25, 0.3) is 21.9 Å². The van der Waals surface area contributed by atoms with Crippen molar-refractivity contribution in [1.82, 2.24) is 5.32 Å². The first-order valence-corrected chi connectivity index (χ1v) is 13.1. The second kappa shape index (κ2) is 12.6. The number of fused-ring (bicyclic) bond motifs is 1. The van der Waals surface area contributed by atoms with Gasteiger partial charge < -0.3 is 15.5 Å². The zero-order valence-corrected chi connectivity index (χ0v) is 22.3. The molecule has 6 nitrogen and oxygen atoms in total. The Hall–Kier alpha value is -4.16. The molecule has 0 bridgehead atoms. The van der Waals surface area contributed by atoms with E-state index >= 15 is 0 Å². The molecule has 7 heteroatoms. The summed E-state index contributed by atoms with van der Waals surface area (Å²) in [5.41, 5.74) is 4.24. The molecule has 4 rings (SSSR count). The molecule has 3 N–H and O–H groups in total. The van der Waals surface area contributed by atoms with Crippen molar-refractivity contribution in [2.45, 2.75) is 38.1 Å². The summed E-state index contributed by atoms with van der Waals surface area (Å²) in [7, 11) is 0. The number of halogens is 1. The third kappa shape index (κ3) is 7.45. The van der Waals surface area contributed by atoms with Crippen LogP contribution in [0, 0.1) is 5.92 Å². The van der Waals surface area contributed by atoms with Crippen molar-refractivity contribution in [3.8, 4) is 11.1 Å². The van der Waals surface area contributed by atoms with Crippen LogP contribution in [0.5, 0.6) is 0 Å². The maximum atomic E-state index is 12.7. The molecule has 0 aliphatic rings. The van der Waals surface area contributed by atoms with E-state index in [1.807, 2.05) is 43.3 Å². The van der Waals surface area contributed by atoms with Gasteiger partial charge in [0.05, 0.1) is 12.3 Å². The minimum atomic E-state index is -1.30. The van der Waals surface area contributed by atoms with Crippen molar-refractivity contribution in [1.29, 1.82) is 0 Å². The van der Waals surface area contributed by atoms with E-state index in [2.05, 4.69) is 59.9 Å². The first-order valence-electron chi connectivity index (χ1n) is 12.8. The van der Waals surface area contributed by atoms with Crippen LogP contribution in [-0.2, 0) is 20.8 Å². The topological polar surface area (TPSA) is 104 Å². The smallest absolute Gasteiger partial charge is 0.307 e. The maximum absolute atomic E-state index is 12.7. The molecular weight excluding hydrogens is 514 g/mol. The number of amides is 1. The van der Waals surface area contributed by atoms with E-state index in [0.29, 0.717) is 11.4 Å². The van der Waals surface area contributed by atoms with E-state index in [-0.39, 0.29) is 12.0 Å². The van der Waals surface area contributed by atoms with Gasteiger partial charge in [0.1, 0.15) is 0 Å². The van der Waals surface area contributed by atoms with Crippen LogP contribution >= 0.6 is 11.6 Å². The van der Waals surface area contributed by atoms with Gasteiger partial charge in [-0.25, -0.2) is 0 Å². The summed E-state index contributed by atoms with van der Waals surface area (Å²) in [5, 5.41) is 24.2. The molecule has 3 atom stereocenters. The third-order valence-electron chi connectivity index (χ3n) is 6.98. The number of benzene rings is 4. The second-order valence-corrected chi connectivity index (χ2v) is 10.3. The number of nitrogens with one attached hydrogen (secondary N) is 1. The minimum Gasteiger partial charge on any atom is -0.481 e. The van der Waals surface area contributed by atoms with Gasteiger partial charge in [0.25, 0.3) is 0 Å². The number of carbonyl (C=O) groups is 3. The fourth-order valence-corrected chi connectivity index (χ4v) is 4.97. The molecule has 39 heavy (non-hydrogen) atoms. The van der Waals surface area contributed by atoms with Gasteiger partial charge >= 0.3 is 11.9 Å². The monoisotopic (exact) mass is 543 g/mol. The van der Waals surface area contributed by atoms with Gasteiger partial charge in [0.2, 0.25) is 5.91 Å². The van der Waals surface area contributed by atoms with Crippen molar-refractivity contribution >= 4 is 40.2 Å². The molecule has 0 spiro atoms. The van der Waals surface area contributed by atoms with E-state index in [4.69, 9.17) is 16.7 Å². The summed E-state index contributed by atoms with van der Waals surface area (Å²) in [4.78, 5) is 35.2. The summed E-state index contributed by atoms with van der Waals surface area (Å²) in [6.07, 6.45) is -0.395. The van der Waals surface area contributed by atoms with Crippen LogP contribution in [0.1, 0.15) is 36.8 Å². The van der Waals surface area contributed by atoms with Crippen molar-refractivity contribution < 1.29 is 24.6 Å². The van der Waals surface area contributed by atoms with E-state index in [1.54, 1.807) is 0 Å². The number of hydrogen-bond donors (Lipinski definition) is 3. The molecule has 4 aromatic carbocycles. The molecule has 0 radical (unpaired) electrons. The molecule has 200 valence electrons. The number of hydrogen-bond acceptors (Lipinski definition) is 3. The van der Waals surface area contributed by atoms with Gasteiger partial charge in [0.15, 0.2) is 0 Å². The van der Waals surface area contributed by atoms with Crippen molar-refractivity contribution in [3.05, 3.63) is 107 Å². The van der Waals surface area contributed by atoms with Crippen molar-refractivity contribution in [2.24, 2.45) is 5.92 Å². The van der Waals surface area contributed by atoms with Crippen molar-refractivity contribution in [3.63, 3.8) is 0 Å². The first kappa shape index (κ1) is 27.9. The summed E-state index contributed by atoms with van der Waals surface area (Å²) in [6.45, 7) is 1.88. The molecule has 0 aromatic heterocycles. The van der Waals surface area contributed by atoms with Gasteiger partial charge in [-0.15, -0.1) is 0 Å². The molecule has 0 aliphatic carbocycles. The quantitative estimate of drug-likeness (QED) is 0.199. The zero-order chi connectivity index (χ0) is 27.9. The molecule has 0 saturated heterocycles. The molecular formula is C32H30ClNO5. The van der Waals surface area contributed by atoms with Crippen LogP contribution in [0.3, 0.4) is 0 Å². The largest absolute Gasteiger partial charge is 0.481 e. The summed E-state index contributed by atoms with van der Waals surface area (Å²) in [5.74, 6) is -4.46. The average Bonchev–Trinajstić information content (AvgIpc) is 2.92. The predicted octanol–water partition coefficient (Wildman–Crippen LogP) is 6.56. The molecule has 0 aliphatic heterocycles. The Kier molecular flexibility index (Phi) is 8.99. The highest BCUT2D eigenvalue weighted by molar-refractivity contribution is 6.30. The lowest BCUT2D eigenvalue weighted by Crippen LogP contribution is -2.39. The van der Waals surface area contributed by atoms with Crippen LogP contribution < -0.4 is 5.32 Å². The predicted molar refractivity (Wildman–Crippen MR) is 153 cm³/mol. The first-order chi connectivity index (χ1) is 18.7. The van der Waals surface area contributed by atoms with Gasteiger partial charge in [-0.2, -0.15) is 0 Å². The lowest BCUT2D eigenvalue weighted by Gasteiger charge is -2.26. The standard InChI is InChI=1S/C32H30ClNO5/c1-20(34-30(35)18-27(32(38)39)19-31(36)37)29(16-21-6-14-28(33)15-7-21)24-11-8-23(9-12-24)26-13-10-22-4-2-3-5-25(22)17-26/h2-15,17,20,27,29H,16,18-19H2,1H3,(H,34,35)(H,36,37)(H,38,39). The fourth-order valence-electron chi connectivity index (χ4n) is 4.84. The number of rotatable bonds is 11. The Morgan fingerprint density at radius 1 is 0.795 bits per heavy atom. The lowest BCUT2D eigenvalue weighted by molar-refractivity contribution is -0.149. The number of carboxylic acids is 2. The second-order valence-electron chi connectivity index (χ2n) is 9.81. The maximum Gasteiger partial charge on any atom is 0.307 e. The van der Waals surface area contributed by atoms with Crippen LogP contribution in [0.2, 0.25) is 5.02 Å². The van der Waals surface area contributed by atoms with E-state index < -0.39 is 36.6 Å². The summed E-state index contributed by atoms with van der Waals surface area (Å²) < 4.78 is 0. The highest BCUT2D eigenvalue weighted by Crippen LogP contribution is 2.30. The molecule has 3 unspecified atom stereocenters. The number of aliphatic carboxylic acids is 2. The third-order valence-corrected chi connectivity index (χ3v) is 7.24. The Morgan fingerprint density at radius 2 is 1.44 bits per heavy atom. The number of carbonyl (C=O) groups excluding carboxylic acids is 1. The van der Waals surface area contributed by atoms with Gasteiger partial charge in [-0.1, -0.05) is 84.4 Å². The molecule has 0 fully saturated rings. The van der Waals surface area contributed by atoms with Crippen molar-refractivity contribution in [2.75, 3.05) is 0 Å². The van der Waals surface area contributed by atoms with Gasteiger partial charge in [0, 0.05) is 23.4 Å². The summed E-state index contributed by atoms with van der Waals surface area (Å²) >= 11 is 6.07. The van der Waals surface area contributed by atoms with Gasteiger partial charge in [-0.05, 0) is 64.6 Å². The Labute approximate surface area is 232 Å². The molecule has 0 saturated carbocycles. The van der Waals surface area contributed by atoms with Crippen LogP contribution in [0.4, 0.5) is 0 Å². The minimum absolute atomic E-state index is 0.122.